The van der Waals surface area contributed by atoms with Gasteiger partial charge in [-0.1, -0.05) is 0 Å². The highest BCUT2D eigenvalue weighted by atomic mass is 15.4. The molecule has 7 heteroatoms. The van der Waals surface area contributed by atoms with Crippen molar-refractivity contribution in [1.29, 1.82) is 0 Å². The summed E-state index contributed by atoms with van der Waals surface area (Å²) in [6.07, 6.45) is 2.42. The molecule has 0 aromatic carbocycles. The monoisotopic (exact) mass is 251 g/mol. The van der Waals surface area contributed by atoms with Gasteiger partial charge in [0.15, 0.2) is 0 Å². The van der Waals surface area contributed by atoms with Gasteiger partial charge in [-0.2, -0.15) is 5.10 Å². The van der Waals surface area contributed by atoms with E-state index in [1.54, 1.807) is 6.33 Å². The third-order valence-electron chi connectivity index (χ3n) is 4.21. The molecule has 1 aromatic rings. The highest BCUT2D eigenvalue weighted by molar-refractivity contribution is 4.99. The maximum Gasteiger partial charge on any atom is 0.138 e. The Hall–Kier alpha value is -1.02. The third-order valence-corrected chi connectivity index (χ3v) is 4.21. The van der Waals surface area contributed by atoms with Crippen molar-refractivity contribution >= 4 is 0 Å². The lowest BCUT2D eigenvalue weighted by Gasteiger charge is -2.50. The minimum absolute atomic E-state index is 0.232. The van der Waals surface area contributed by atoms with E-state index in [9.17, 15) is 0 Å². The van der Waals surface area contributed by atoms with Crippen molar-refractivity contribution in [2.45, 2.75) is 18.5 Å². The Kier molecular flexibility index (Phi) is 3.29. The van der Waals surface area contributed by atoms with E-state index >= 15 is 0 Å². The van der Waals surface area contributed by atoms with Crippen LogP contribution in [0.5, 0.6) is 0 Å². The Balaban J connectivity index is 1.71. The zero-order valence-electron chi connectivity index (χ0n) is 10.8. The zero-order chi connectivity index (χ0) is 12.5. The summed E-state index contributed by atoms with van der Waals surface area (Å²) in [5.41, 5.74) is 2.97. The average Bonchev–Trinajstić information content (AvgIpc) is 2.82. The first-order valence-corrected chi connectivity index (χ1v) is 6.53. The fourth-order valence-corrected chi connectivity index (χ4v) is 3.05. The molecular formula is C11H21N7. The van der Waals surface area contributed by atoms with Crippen LogP contribution in [-0.2, 0) is 13.5 Å². The molecule has 3 aliphatic rings. The lowest BCUT2D eigenvalue weighted by molar-refractivity contribution is -0.00353. The highest BCUT2D eigenvalue weighted by Gasteiger charge is 2.36. The van der Waals surface area contributed by atoms with Gasteiger partial charge in [0.1, 0.15) is 12.2 Å². The molecule has 2 bridgehead atoms. The van der Waals surface area contributed by atoms with E-state index in [0.29, 0.717) is 6.04 Å². The van der Waals surface area contributed by atoms with E-state index in [-0.39, 0.29) is 6.04 Å². The zero-order valence-corrected chi connectivity index (χ0v) is 10.8. The first-order chi connectivity index (χ1) is 8.78. The second kappa shape index (κ2) is 4.93. The van der Waals surface area contributed by atoms with Gasteiger partial charge in [-0.25, -0.2) is 4.98 Å². The molecule has 4 rings (SSSR count). The van der Waals surface area contributed by atoms with Crippen molar-refractivity contribution in [2.24, 2.45) is 12.9 Å². The number of hydrogen-bond donors (Lipinski definition) is 2. The van der Waals surface area contributed by atoms with Crippen molar-refractivity contribution in [1.82, 2.24) is 30.0 Å². The standard InChI is InChI=1S/C11H21N7/c1-16-11(13-8-14-16)6-9(15-12)10-7-17-2-4-18(10)5-3-17/h8-10,15H,2-7,12H2,1H3. The Morgan fingerprint density at radius 1 is 1.44 bits per heavy atom. The number of nitrogens with two attached hydrogens (primary N) is 1. The van der Waals surface area contributed by atoms with Crippen molar-refractivity contribution in [3.05, 3.63) is 12.2 Å². The third kappa shape index (κ3) is 2.14. The van der Waals surface area contributed by atoms with E-state index in [1.165, 1.54) is 13.1 Å². The first-order valence-electron chi connectivity index (χ1n) is 6.53. The van der Waals surface area contributed by atoms with Gasteiger partial charge in [-0.3, -0.25) is 25.8 Å². The molecule has 1 aromatic heterocycles. The van der Waals surface area contributed by atoms with E-state index in [4.69, 9.17) is 5.84 Å². The molecule has 4 heterocycles. The average molecular weight is 251 g/mol. The molecule has 3 saturated heterocycles. The maximum absolute atomic E-state index is 5.75. The molecule has 0 radical (unpaired) electrons. The summed E-state index contributed by atoms with van der Waals surface area (Å²) in [6, 6.07) is 0.713. The molecule has 100 valence electrons. The molecule has 18 heavy (non-hydrogen) atoms. The summed E-state index contributed by atoms with van der Waals surface area (Å²) >= 11 is 0. The Morgan fingerprint density at radius 2 is 2.22 bits per heavy atom. The molecular weight excluding hydrogens is 230 g/mol. The molecule has 0 aliphatic carbocycles. The number of rotatable bonds is 4. The van der Waals surface area contributed by atoms with Crippen LogP contribution in [0.4, 0.5) is 0 Å². The van der Waals surface area contributed by atoms with Crippen LogP contribution in [-0.4, -0.2) is 69.4 Å². The minimum atomic E-state index is 0.232. The predicted octanol–water partition coefficient (Wildman–Crippen LogP) is -1.81. The van der Waals surface area contributed by atoms with Gasteiger partial charge < -0.3 is 0 Å². The van der Waals surface area contributed by atoms with Crippen LogP contribution in [0.1, 0.15) is 5.82 Å². The topological polar surface area (TPSA) is 75.2 Å². The Morgan fingerprint density at radius 3 is 2.72 bits per heavy atom. The van der Waals surface area contributed by atoms with E-state index in [1.807, 2.05) is 11.7 Å². The molecule has 2 atom stereocenters. The normalized spacial score (nSPS) is 32.7. The van der Waals surface area contributed by atoms with Crippen molar-refractivity contribution in [3.8, 4) is 0 Å². The molecule has 2 unspecified atom stereocenters. The van der Waals surface area contributed by atoms with Gasteiger partial charge in [0.25, 0.3) is 0 Å². The molecule has 0 amide bonds. The summed E-state index contributed by atoms with van der Waals surface area (Å²) in [6.45, 7) is 5.80. The number of nitrogens with zero attached hydrogens (tertiary/aromatic N) is 5. The smallest absolute Gasteiger partial charge is 0.138 e. The predicted molar refractivity (Wildman–Crippen MR) is 67.6 cm³/mol. The second-order valence-electron chi connectivity index (χ2n) is 5.18. The van der Waals surface area contributed by atoms with Gasteiger partial charge >= 0.3 is 0 Å². The van der Waals surface area contributed by atoms with E-state index in [0.717, 1.165) is 31.9 Å². The fourth-order valence-electron chi connectivity index (χ4n) is 3.05. The number of aromatic nitrogens is 3. The summed E-state index contributed by atoms with van der Waals surface area (Å²) in [7, 11) is 1.92. The number of aryl methyl sites for hydroxylation is 1. The number of hydrogen-bond acceptors (Lipinski definition) is 6. The molecule has 3 aliphatic heterocycles. The minimum Gasteiger partial charge on any atom is -0.299 e. The summed E-state index contributed by atoms with van der Waals surface area (Å²) in [5, 5.41) is 4.11. The van der Waals surface area contributed by atoms with Gasteiger partial charge in [-0.15, -0.1) is 0 Å². The number of fused-ring (bicyclic) bond motifs is 3. The Labute approximate surface area is 107 Å². The van der Waals surface area contributed by atoms with Gasteiger partial charge in [0.2, 0.25) is 0 Å². The van der Waals surface area contributed by atoms with Crippen LogP contribution in [0.15, 0.2) is 6.33 Å². The SMILES string of the molecule is Cn1ncnc1CC(NN)C1CN2CCN1CC2. The van der Waals surface area contributed by atoms with Crippen LogP contribution in [0, 0.1) is 0 Å². The van der Waals surface area contributed by atoms with Gasteiger partial charge in [0, 0.05) is 58.3 Å². The number of hydrazine groups is 1. The second-order valence-corrected chi connectivity index (χ2v) is 5.18. The summed E-state index contributed by atoms with van der Waals surface area (Å²) in [5.74, 6) is 6.73. The first kappa shape index (κ1) is 12.0. The van der Waals surface area contributed by atoms with E-state index < -0.39 is 0 Å². The molecule has 0 spiro atoms. The van der Waals surface area contributed by atoms with Crippen LogP contribution in [0.3, 0.4) is 0 Å². The van der Waals surface area contributed by atoms with E-state index in [2.05, 4.69) is 25.3 Å². The highest BCUT2D eigenvalue weighted by Crippen LogP contribution is 2.19. The van der Waals surface area contributed by atoms with Crippen LogP contribution in [0.25, 0.3) is 0 Å². The molecule has 3 N–H and O–H groups in total. The van der Waals surface area contributed by atoms with Crippen molar-refractivity contribution in [2.75, 3.05) is 32.7 Å². The molecule has 0 saturated carbocycles. The quantitative estimate of drug-likeness (QED) is 0.485. The van der Waals surface area contributed by atoms with Crippen LogP contribution >= 0.6 is 0 Å². The largest absolute Gasteiger partial charge is 0.299 e. The van der Waals surface area contributed by atoms with Crippen molar-refractivity contribution in [3.63, 3.8) is 0 Å². The summed E-state index contributed by atoms with van der Waals surface area (Å²) < 4.78 is 1.82. The fraction of sp³-hybridized carbons (Fsp3) is 0.818. The van der Waals surface area contributed by atoms with Crippen LogP contribution in [0.2, 0.25) is 0 Å². The maximum atomic E-state index is 5.75. The lowest BCUT2D eigenvalue weighted by Crippen LogP contribution is -2.67. The van der Waals surface area contributed by atoms with Crippen LogP contribution < -0.4 is 11.3 Å². The molecule has 7 nitrogen and oxygen atoms in total. The number of nitrogens with one attached hydrogen (secondary N) is 1. The molecule has 3 fully saturated rings. The Bertz CT molecular complexity index is 396. The number of piperazine rings is 3. The summed E-state index contributed by atoms with van der Waals surface area (Å²) in [4.78, 5) is 9.35. The van der Waals surface area contributed by atoms with Gasteiger partial charge in [0.05, 0.1) is 0 Å². The lowest BCUT2D eigenvalue weighted by atomic mass is 9.98. The van der Waals surface area contributed by atoms with Gasteiger partial charge in [-0.05, 0) is 0 Å². The van der Waals surface area contributed by atoms with Crippen molar-refractivity contribution < 1.29 is 0 Å².